The van der Waals surface area contributed by atoms with Crippen molar-refractivity contribution in [2.24, 2.45) is 5.92 Å². The number of amides is 1. The molecule has 1 amide bonds. The molecule has 1 N–H and O–H groups in total. The summed E-state index contributed by atoms with van der Waals surface area (Å²) in [5, 5.41) is 3.36. The topological polar surface area (TPSA) is 104 Å². The van der Waals surface area contributed by atoms with Crippen molar-refractivity contribution < 1.29 is 21.6 Å². The van der Waals surface area contributed by atoms with E-state index in [2.05, 4.69) is 5.32 Å². The van der Waals surface area contributed by atoms with Crippen molar-refractivity contribution in [1.82, 2.24) is 4.31 Å². The molecule has 2 heterocycles. The summed E-state index contributed by atoms with van der Waals surface area (Å²) in [6, 6.07) is 18.1. The van der Waals surface area contributed by atoms with Gasteiger partial charge in [0.25, 0.3) is 10.0 Å². The number of hydrogen-bond donors (Lipinski definition) is 1. The maximum Gasteiger partial charge on any atom is 0.264 e. The molecule has 8 nitrogen and oxygen atoms in total. The number of sulfonamides is 2. The molecular weight excluding hydrogens is 546 g/mol. The van der Waals surface area contributed by atoms with Crippen molar-refractivity contribution >= 4 is 48.9 Å². The van der Waals surface area contributed by atoms with Crippen LogP contribution < -0.4 is 9.62 Å². The van der Waals surface area contributed by atoms with Crippen molar-refractivity contribution in [1.29, 1.82) is 0 Å². The number of halogens is 1. The van der Waals surface area contributed by atoms with Crippen LogP contribution in [0.3, 0.4) is 0 Å². The largest absolute Gasteiger partial charge is 0.326 e. The zero-order chi connectivity index (χ0) is 27.1. The van der Waals surface area contributed by atoms with Crippen LogP contribution in [0, 0.1) is 12.8 Å². The highest BCUT2D eigenvalue weighted by molar-refractivity contribution is 7.92. The summed E-state index contributed by atoms with van der Waals surface area (Å²) in [5.74, 6) is -0.552. The second kappa shape index (κ2) is 10.3. The van der Waals surface area contributed by atoms with Gasteiger partial charge in [-0.05, 0) is 80.3 Å². The van der Waals surface area contributed by atoms with Gasteiger partial charge in [0.15, 0.2) is 0 Å². The third kappa shape index (κ3) is 5.18. The molecule has 0 spiro atoms. The average molecular weight is 574 g/mol. The molecule has 2 aliphatic rings. The van der Waals surface area contributed by atoms with Gasteiger partial charge < -0.3 is 5.32 Å². The molecule has 0 atom stereocenters. The molecule has 5 rings (SSSR count). The molecule has 0 saturated carbocycles. The van der Waals surface area contributed by atoms with Crippen LogP contribution in [0.15, 0.2) is 76.5 Å². The van der Waals surface area contributed by atoms with Gasteiger partial charge in [-0.25, -0.2) is 16.8 Å². The molecule has 38 heavy (non-hydrogen) atoms. The predicted octanol–water partition coefficient (Wildman–Crippen LogP) is 4.44. The summed E-state index contributed by atoms with van der Waals surface area (Å²) < 4.78 is 55.2. The quantitative estimate of drug-likeness (QED) is 0.469. The number of aryl methyl sites for hydroxylation is 1. The first-order valence-corrected chi connectivity index (χ1v) is 15.6. The van der Waals surface area contributed by atoms with Crippen LogP contribution in [0.2, 0.25) is 5.02 Å². The fraction of sp³-hybridized carbons (Fsp3) is 0.296. The van der Waals surface area contributed by atoms with Gasteiger partial charge in [0.05, 0.1) is 15.5 Å². The molecule has 0 unspecified atom stereocenters. The highest BCUT2D eigenvalue weighted by Crippen LogP contribution is 2.35. The van der Waals surface area contributed by atoms with Gasteiger partial charge in [0, 0.05) is 36.3 Å². The van der Waals surface area contributed by atoms with Gasteiger partial charge in [0.1, 0.15) is 0 Å². The van der Waals surface area contributed by atoms with Crippen LogP contribution in [0.5, 0.6) is 0 Å². The molecule has 3 aromatic carbocycles. The predicted molar refractivity (Wildman–Crippen MR) is 147 cm³/mol. The number of benzene rings is 3. The fourth-order valence-corrected chi connectivity index (χ4v) is 7.96. The van der Waals surface area contributed by atoms with Gasteiger partial charge in [-0.2, -0.15) is 4.31 Å². The Morgan fingerprint density at radius 1 is 0.842 bits per heavy atom. The van der Waals surface area contributed by atoms with Gasteiger partial charge in [-0.15, -0.1) is 0 Å². The Hall–Kier alpha value is -2.92. The lowest BCUT2D eigenvalue weighted by Gasteiger charge is -2.30. The first-order valence-electron chi connectivity index (χ1n) is 12.3. The van der Waals surface area contributed by atoms with Crippen LogP contribution in [0.4, 0.5) is 11.4 Å². The average Bonchev–Trinajstić information content (AvgIpc) is 3.33. The second-order valence-corrected chi connectivity index (χ2v) is 13.8. The fourth-order valence-electron chi connectivity index (χ4n) is 4.87. The maximum absolute atomic E-state index is 13.3. The van der Waals surface area contributed by atoms with Gasteiger partial charge >= 0.3 is 0 Å². The van der Waals surface area contributed by atoms with E-state index in [4.69, 9.17) is 11.6 Å². The van der Waals surface area contributed by atoms with Crippen molar-refractivity contribution in [2.45, 2.75) is 36.0 Å². The molecule has 1 fully saturated rings. The number of carbonyl (C=O) groups excluding carboxylic acids is 1. The van der Waals surface area contributed by atoms with Crippen LogP contribution in [0.1, 0.15) is 24.0 Å². The van der Waals surface area contributed by atoms with Crippen molar-refractivity contribution in [3.63, 3.8) is 0 Å². The zero-order valence-electron chi connectivity index (χ0n) is 20.8. The number of fused-ring (bicyclic) bond motifs is 1. The zero-order valence-corrected chi connectivity index (χ0v) is 23.2. The highest BCUT2D eigenvalue weighted by atomic mass is 35.5. The Balaban J connectivity index is 1.26. The number of anilines is 2. The van der Waals surface area contributed by atoms with Crippen LogP contribution in [-0.4, -0.2) is 46.7 Å². The van der Waals surface area contributed by atoms with Crippen LogP contribution in [-0.2, 0) is 31.3 Å². The van der Waals surface area contributed by atoms with Crippen molar-refractivity contribution in [3.05, 3.63) is 82.9 Å². The highest BCUT2D eigenvalue weighted by Gasteiger charge is 2.33. The third-order valence-corrected chi connectivity index (χ3v) is 11.1. The molecule has 3 aromatic rings. The molecule has 0 aromatic heterocycles. The van der Waals surface area contributed by atoms with E-state index >= 15 is 0 Å². The maximum atomic E-state index is 13.3. The molecule has 1 saturated heterocycles. The summed E-state index contributed by atoms with van der Waals surface area (Å²) >= 11 is 5.92. The minimum atomic E-state index is -3.78. The normalized spacial score (nSPS) is 16.8. The van der Waals surface area contributed by atoms with E-state index < -0.39 is 20.0 Å². The van der Waals surface area contributed by atoms with Crippen molar-refractivity contribution in [3.8, 4) is 0 Å². The van der Waals surface area contributed by atoms with Crippen LogP contribution >= 0.6 is 11.6 Å². The van der Waals surface area contributed by atoms with Gasteiger partial charge in [0.2, 0.25) is 15.9 Å². The molecule has 0 bridgehead atoms. The van der Waals surface area contributed by atoms with E-state index in [-0.39, 0.29) is 34.7 Å². The number of nitrogens with zero attached hydrogens (tertiary/aromatic N) is 2. The number of nitrogens with one attached hydrogen (secondary N) is 1. The summed E-state index contributed by atoms with van der Waals surface area (Å²) in [6.45, 7) is 2.72. The minimum Gasteiger partial charge on any atom is -0.326 e. The molecular formula is C27H28ClN3O5S2. The Kier molecular flexibility index (Phi) is 7.25. The van der Waals surface area contributed by atoms with E-state index in [1.807, 2.05) is 13.0 Å². The van der Waals surface area contributed by atoms with Gasteiger partial charge in [-0.1, -0.05) is 35.4 Å². The molecule has 200 valence electrons. The summed E-state index contributed by atoms with van der Waals surface area (Å²) in [4.78, 5) is 13.4. The molecule has 2 aliphatic heterocycles. The monoisotopic (exact) mass is 573 g/mol. The Bertz CT molecular complexity index is 1570. The smallest absolute Gasteiger partial charge is 0.264 e. The van der Waals surface area contributed by atoms with Gasteiger partial charge in [-0.3, -0.25) is 9.10 Å². The van der Waals surface area contributed by atoms with E-state index in [0.29, 0.717) is 42.2 Å². The summed E-state index contributed by atoms with van der Waals surface area (Å²) in [7, 11) is -7.39. The Morgan fingerprint density at radius 3 is 2.11 bits per heavy atom. The number of piperidine rings is 1. The number of hydrogen-bond acceptors (Lipinski definition) is 5. The molecule has 0 aliphatic carbocycles. The SMILES string of the molecule is Cc1ccc(S(=O)(=O)N2CCC(C(=O)Nc3ccc4c(c3)N(S(=O)(=O)c3ccc(Cl)cc3)CC4)CC2)cc1. The lowest BCUT2D eigenvalue weighted by Crippen LogP contribution is -2.41. The first-order chi connectivity index (χ1) is 18.1. The van der Waals surface area contributed by atoms with E-state index in [9.17, 15) is 21.6 Å². The Morgan fingerprint density at radius 2 is 1.45 bits per heavy atom. The first kappa shape index (κ1) is 26.7. The lowest BCUT2D eigenvalue weighted by atomic mass is 9.97. The van der Waals surface area contributed by atoms with E-state index in [1.165, 1.54) is 20.7 Å². The standard InChI is InChI=1S/C27H28ClN3O5S2/c1-19-2-8-24(9-3-19)37(33,34)30-15-12-21(13-16-30)27(32)29-23-7-4-20-14-17-31(26(20)18-23)38(35,36)25-10-5-22(28)6-11-25/h2-11,18,21H,12-17H2,1H3,(H,29,32). The molecule has 0 radical (unpaired) electrons. The lowest BCUT2D eigenvalue weighted by molar-refractivity contribution is -0.120. The van der Waals surface area contributed by atoms with E-state index in [1.54, 1.807) is 48.5 Å². The minimum absolute atomic E-state index is 0.150. The Labute approximate surface area is 228 Å². The number of rotatable bonds is 6. The summed E-state index contributed by atoms with van der Waals surface area (Å²) in [6.07, 6.45) is 1.38. The summed E-state index contributed by atoms with van der Waals surface area (Å²) in [5.41, 5.74) is 2.91. The number of carbonyl (C=O) groups is 1. The van der Waals surface area contributed by atoms with E-state index in [0.717, 1.165) is 11.1 Å². The molecule has 11 heteroatoms. The third-order valence-electron chi connectivity index (χ3n) is 7.09. The van der Waals surface area contributed by atoms with Crippen molar-refractivity contribution in [2.75, 3.05) is 29.3 Å². The second-order valence-electron chi connectivity index (χ2n) is 9.61. The van der Waals surface area contributed by atoms with Crippen LogP contribution in [0.25, 0.3) is 0 Å².